The van der Waals surface area contributed by atoms with Gasteiger partial charge < -0.3 is 40.4 Å². The molecular weight excluding hydrogens is 554 g/mol. The van der Waals surface area contributed by atoms with Gasteiger partial charge in [-0.1, -0.05) is 29.8 Å². The van der Waals surface area contributed by atoms with Crippen molar-refractivity contribution in [2.24, 2.45) is 0 Å². The van der Waals surface area contributed by atoms with E-state index in [0.717, 1.165) is 0 Å². The van der Waals surface area contributed by atoms with E-state index in [2.05, 4.69) is 16.0 Å². The lowest BCUT2D eigenvalue weighted by Gasteiger charge is -2.27. The van der Waals surface area contributed by atoms with Gasteiger partial charge in [-0.3, -0.25) is 4.79 Å². The van der Waals surface area contributed by atoms with Crippen molar-refractivity contribution in [2.45, 2.75) is 30.8 Å². The third kappa shape index (κ3) is 7.33. The number of para-hydroxylation sites is 1. The van der Waals surface area contributed by atoms with Gasteiger partial charge in [-0.05, 0) is 54.1 Å². The van der Waals surface area contributed by atoms with Crippen molar-refractivity contribution in [3.05, 3.63) is 82.9 Å². The minimum Gasteiger partial charge on any atom is -0.495 e. The van der Waals surface area contributed by atoms with Crippen molar-refractivity contribution in [1.82, 2.24) is 5.32 Å². The number of esters is 1. The normalized spacial score (nSPS) is 18.7. The Hall–Kier alpha value is -4.16. The number of ketones is 1. The molecule has 4 unspecified atom stereocenters. The summed E-state index contributed by atoms with van der Waals surface area (Å²) in [5, 5.41) is 29.3. The fourth-order valence-corrected chi connectivity index (χ4v) is 4.57. The highest BCUT2D eigenvalue weighted by atomic mass is 35.5. The molecule has 2 amide bonds. The van der Waals surface area contributed by atoms with Gasteiger partial charge in [-0.2, -0.15) is 0 Å². The second kappa shape index (κ2) is 13.5. The summed E-state index contributed by atoms with van der Waals surface area (Å²) in [7, 11) is 2.70. The van der Waals surface area contributed by atoms with Gasteiger partial charge >= 0.3 is 12.0 Å². The van der Waals surface area contributed by atoms with Crippen LogP contribution in [0, 0.1) is 0 Å². The van der Waals surface area contributed by atoms with Crippen LogP contribution in [-0.4, -0.2) is 73.1 Å². The Labute approximate surface area is 241 Å². The molecule has 5 N–H and O–H groups in total. The molecular formula is C29H30ClN3O8. The van der Waals surface area contributed by atoms with Crippen LogP contribution in [0.3, 0.4) is 0 Å². The van der Waals surface area contributed by atoms with Crippen LogP contribution in [0.25, 0.3) is 0 Å². The van der Waals surface area contributed by atoms with Crippen molar-refractivity contribution < 1.29 is 38.8 Å². The minimum atomic E-state index is -1.24. The van der Waals surface area contributed by atoms with Crippen LogP contribution in [0.2, 0.25) is 5.02 Å². The number of carbonyl (C=O) groups excluding carboxylic acids is 3. The zero-order valence-corrected chi connectivity index (χ0v) is 23.1. The third-order valence-corrected chi connectivity index (χ3v) is 6.85. The molecule has 4 rings (SSSR count). The van der Waals surface area contributed by atoms with Crippen LogP contribution < -0.4 is 25.4 Å². The number of aliphatic hydroxyl groups excluding tert-OH is 2. The number of nitrogens with one attached hydrogen (secondary N) is 3. The maximum Gasteiger partial charge on any atom is 0.337 e. The van der Waals surface area contributed by atoms with Crippen molar-refractivity contribution in [3.63, 3.8) is 0 Å². The molecule has 11 nitrogen and oxygen atoms in total. The average molecular weight is 584 g/mol. The quantitative estimate of drug-likeness (QED) is 0.226. The number of amides is 2. The molecule has 0 radical (unpaired) electrons. The molecule has 0 bridgehead atoms. The summed E-state index contributed by atoms with van der Waals surface area (Å²) >= 11 is 6.10. The van der Waals surface area contributed by atoms with E-state index < -0.39 is 36.4 Å². The third-order valence-electron chi connectivity index (χ3n) is 6.52. The maximum absolute atomic E-state index is 13.5. The first-order chi connectivity index (χ1) is 19.7. The number of halogens is 1. The first kappa shape index (κ1) is 29.8. The van der Waals surface area contributed by atoms with E-state index in [1.54, 1.807) is 42.5 Å². The van der Waals surface area contributed by atoms with E-state index in [4.69, 9.17) is 25.8 Å². The summed E-state index contributed by atoms with van der Waals surface area (Å²) in [6.45, 7) is 0.0880. The summed E-state index contributed by atoms with van der Waals surface area (Å²) < 4.78 is 16.1. The SMILES string of the molecule is COC(=O)c1ccc(OC(C(=O)Cc2ccc(NC(=O)Nc3ccccc3Cl)c(OC)c2)C2NCC(O)C2O)cc1. The minimum absolute atomic E-state index is 0.0880. The van der Waals surface area contributed by atoms with Crippen LogP contribution in [0.1, 0.15) is 15.9 Å². The van der Waals surface area contributed by atoms with E-state index in [0.29, 0.717) is 33.3 Å². The number of ether oxygens (including phenoxy) is 3. The molecule has 0 aromatic heterocycles. The summed E-state index contributed by atoms with van der Waals surface area (Å²) in [5.41, 5.74) is 1.67. The predicted octanol–water partition coefficient (Wildman–Crippen LogP) is 3.03. The van der Waals surface area contributed by atoms with Gasteiger partial charge in [0.2, 0.25) is 0 Å². The highest BCUT2D eigenvalue weighted by Gasteiger charge is 2.42. The van der Waals surface area contributed by atoms with Gasteiger partial charge in [-0.15, -0.1) is 0 Å². The lowest BCUT2D eigenvalue weighted by molar-refractivity contribution is -0.128. The van der Waals surface area contributed by atoms with Gasteiger partial charge in [0.05, 0.1) is 48.3 Å². The van der Waals surface area contributed by atoms with Crippen LogP contribution >= 0.6 is 11.6 Å². The van der Waals surface area contributed by atoms with E-state index >= 15 is 0 Å². The van der Waals surface area contributed by atoms with Crippen molar-refractivity contribution in [3.8, 4) is 11.5 Å². The molecule has 216 valence electrons. The molecule has 1 aliphatic rings. The standard InChI is InChI=1S/C29H30ClN3O8/c1-39-24-14-16(7-12-21(24)33-29(38)32-20-6-4-3-5-19(20)30)13-22(34)27(25-26(36)23(35)15-31-25)41-18-10-8-17(9-11-18)28(37)40-2/h3-12,14,23,25-27,31,35-36H,13,15H2,1-2H3,(H2,32,33,38). The number of anilines is 2. The fourth-order valence-electron chi connectivity index (χ4n) is 4.39. The maximum atomic E-state index is 13.5. The Morgan fingerprint density at radius 3 is 2.34 bits per heavy atom. The lowest BCUT2D eigenvalue weighted by Crippen LogP contribution is -2.50. The smallest absolute Gasteiger partial charge is 0.337 e. The van der Waals surface area contributed by atoms with E-state index in [9.17, 15) is 24.6 Å². The molecule has 1 aliphatic heterocycles. The Morgan fingerprint density at radius 2 is 1.71 bits per heavy atom. The number of β-amino-alcohol motifs (C(OH)–C–C–N with tert-alkyl or cyclic N) is 1. The number of rotatable bonds is 10. The number of hydrogen-bond donors (Lipinski definition) is 5. The van der Waals surface area contributed by atoms with Crippen molar-refractivity contribution >= 4 is 40.8 Å². The number of Topliss-reactive ketones (excluding diaryl/α,β-unsaturated/α-hetero) is 1. The highest BCUT2D eigenvalue weighted by molar-refractivity contribution is 6.33. The Morgan fingerprint density at radius 1 is 1.00 bits per heavy atom. The Kier molecular flexibility index (Phi) is 9.79. The lowest BCUT2D eigenvalue weighted by atomic mass is 9.96. The van der Waals surface area contributed by atoms with Gasteiger partial charge in [0, 0.05) is 13.0 Å². The number of carbonyl (C=O) groups is 3. The van der Waals surface area contributed by atoms with Crippen LogP contribution in [-0.2, 0) is 16.0 Å². The molecule has 0 aliphatic carbocycles. The molecule has 12 heteroatoms. The van der Waals surface area contributed by atoms with E-state index in [1.807, 2.05) is 0 Å². The van der Waals surface area contributed by atoms with E-state index in [1.165, 1.54) is 38.5 Å². The molecule has 3 aromatic rings. The van der Waals surface area contributed by atoms with Gasteiger partial charge in [0.1, 0.15) is 17.6 Å². The monoisotopic (exact) mass is 583 g/mol. The molecule has 3 aromatic carbocycles. The average Bonchev–Trinajstić information content (AvgIpc) is 3.30. The number of methoxy groups -OCH3 is 2. The van der Waals surface area contributed by atoms with Gasteiger partial charge in [0.15, 0.2) is 11.9 Å². The highest BCUT2D eigenvalue weighted by Crippen LogP contribution is 2.28. The molecule has 4 atom stereocenters. The summed E-state index contributed by atoms with van der Waals surface area (Å²) in [4.78, 5) is 37.8. The topological polar surface area (TPSA) is 155 Å². The van der Waals surface area contributed by atoms with Crippen molar-refractivity contribution in [2.75, 3.05) is 31.4 Å². The zero-order valence-electron chi connectivity index (χ0n) is 22.3. The molecule has 1 fully saturated rings. The zero-order chi connectivity index (χ0) is 29.5. The number of benzene rings is 3. The largest absolute Gasteiger partial charge is 0.495 e. The van der Waals surface area contributed by atoms with Gasteiger partial charge in [0.25, 0.3) is 0 Å². The van der Waals surface area contributed by atoms with Crippen LogP contribution in [0.15, 0.2) is 66.7 Å². The van der Waals surface area contributed by atoms with Crippen LogP contribution in [0.5, 0.6) is 11.5 Å². The molecule has 41 heavy (non-hydrogen) atoms. The summed E-state index contributed by atoms with van der Waals surface area (Å²) in [6.07, 6.45) is -3.58. The second-order valence-electron chi connectivity index (χ2n) is 9.28. The summed E-state index contributed by atoms with van der Waals surface area (Å²) in [6, 6.07) is 16.3. The number of aliphatic hydroxyl groups is 2. The molecule has 1 saturated heterocycles. The summed E-state index contributed by atoms with van der Waals surface area (Å²) in [5.74, 6) is -0.302. The second-order valence-corrected chi connectivity index (χ2v) is 9.69. The Balaban J connectivity index is 1.49. The number of hydrogen-bond acceptors (Lipinski definition) is 9. The molecule has 0 saturated carbocycles. The van der Waals surface area contributed by atoms with Crippen molar-refractivity contribution in [1.29, 1.82) is 0 Å². The van der Waals surface area contributed by atoms with E-state index in [-0.39, 0.29) is 24.5 Å². The first-order valence-electron chi connectivity index (χ1n) is 12.7. The Bertz CT molecular complexity index is 1400. The molecule has 1 heterocycles. The molecule has 0 spiro atoms. The first-order valence-corrected chi connectivity index (χ1v) is 13.0. The number of urea groups is 1. The van der Waals surface area contributed by atoms with Crippen LogP contribution in [0.4, 0.5) is 16.2 Å². The van der Waals surface area contributed by atoms with Gasteiger partial charge in [-0.25, -0.2) is 9.59 Å². The predicted molar refractivity (Wildman–Crippen MR) is 152 cm³/mol. The fraction of sp³-hybridized carbons (Fsp3) is 0.276.